The highest BCUT2D eigenvalue weighted by molar-refractivity contribution is 6.01. The number of hydrogen-bond donors (Lipinski definition) is 2. The first kappa shape index (κ1) is 15.2. The van der Waals surface area contributed by atoms with Crippen molar-refractivity contribution >= 4 is 11.9 Å². The van der Waals surface area contributed by atoms with E-state index in [-0.39, 0.29) is 30.2 Å². The van der Waals surface area contributed by atoms with E-state index in [0.29, 0.717) is 12.0 Å². The van der Waals surface area contributed by atoms with E-state index in [4.69, 9.17) is 4.74 Å². The first-order chi connectivity index (χ1) is 10.5. The number of esters is 1. The number of ether oxygens (including phenoxy) is 1. The summed E-state index contributed by atoms with van der Waals surface area (Å²) >= 11 is 0. The van der Waals surface area contributed by atoms with Gasteiger partial charge in [-0.15, -0.1) is 0 Å². The number of aliphatic hydroxyl groups is 2. The number of hydrogen-bond acceptors (Lipinski definition) is 5. The molecular weight excluding hydrogens is 286 g/mol. The second kappa shape index (κ2) is 5.52. The average Bonchev–Trinajstić information content (AvgIpc) is 2.76. The Hall–Kier alpha value is -1.66. The molecule has 0 aromatic rings. The number of rotatable bonds is 4. The summed E-state index contributed by atoms with van der Waals surface area (Å²) in [5, 5.41) is 20.2. The van der Waals surface area contributed by atoms with Crippen LogP contribution in [0.1, 0.15) is 26.2 Å². The van der Waals surface area contributed by atoms with E-state index in [1.165, 1.54) is 11.0 Å². The Balaban J connectivity index is 1.97. The highest BCUT2D eigenvalue weighted by Crippen LogP contribution is 2.52. The zero-order valence-electron chi connectivity index (χ0n) is 12.6. The maximum atomic E-state index is 12.3. The van der Waals surface area contributed by atoms with Gasteiger partial charge in [-0.25, -0.2) is 4.79 Å². The summed E-state index contributed by atoms with van der Waals surface area (Å²) in [4.78, 5) is 26.1. The van der Waals surface area contributed by atoms with Crippen molar-refractivity contribution in [1.82, 2.24) is 4.90 Å². The zero-order chi connectivity index (χ0) is 16.0. The van der Waals surface area contributed by atoms with Crippen LogP contribution < -0.4 is 0 Å². The van der Waals surface area contributed by atoms with Gasteiger partial charge in [0.05, 0.1) is 24.2 Å². The summed E-state index contributed by atoms with van der Waals surface area (Å²) in [5.74, 6) is -1.43. The molecule has 0 aromatic heterocycles. The number of β-lactam (4-membered cyclic amide) rings is 1. The van der Waals surface area contributed by atoms with Gasteiger partial charge >= 0.3 is 5.97 Å². The number of carbonyl (C=O) groups is 2. The van der Waals surface area contributed by atoms with Gasteiger partial charge in [0, 0.05) is 5.92 Å². The molecule has 5 atom stereocenters. The van der Waals surface area contributed by atoms with Crippen molar-refractivity contribution in [2.75, 3.05) is 6.61 Å². The second-order valence-corrected chi connectivity index (χ2v) is 6.21. The van der Waals surface area contributed by atoms with Gasteiger partial charge in [-0.1, -0.05) is 12.7 Å². The largest absolute Gasteiger partial charge is 0.457 e. The molecule has 0 aromatic carbocycles. The lowest BCUT2D eigenvalue weighted by molar-refractivity contribution is -0.164. The van der Waals surface area contributed by atoms with E-state index in [2.05, 4.69) is 6.58 Å². The predicted molar refractivity (Wildman–Crippen MR) is 77.3 cm³/mol. The van der Waals surface area contributed by atoms with Gasteiger partial charge in [0.1, 0.15) is 12.3 Å². The molecule has 1 amide bonds. The first-order valence-electron chi connectivity index (χ1n) is 7.70. The second-order valence-electron chi connectivity index (χ2n) is 6.21. The molecule has 6 heteroatoms. The van der Waals surface area contributed by atoms with Gasteiger partial charge in [-0.3, -0.25) is 4.79 Å². The molecule has 0 radical (unpaired) electrons. The van der Waals surface area contributed by atoms with E-state index < -0.39 is 24.1 Å². The maximum absolute atomic E-state index is 12.3. The fraction of sp³-hybridized carbons (Fsp3) is 0.625. The van der Waals surface area contributed by atoms with Crippen molar-refractivity contribution in [3.8, 4) is 0 Å². The lowest BCUT2D eigenvalue weighted by Gasteiger charge is -2.47. The molecule has 5 unspecified atom stereocenters. The van der Waals surface area contributed by atoms with E-state index in [1.807, 2.05) is 0 Å². The topological polar surface area (TPSA) is 87.1 Å². The summed E-state index contributed by atoms with van der Waals surface area (Å²) in [6.45, 7) is 5.15. The van der Waals surface area contributed by atoms with Crippen LogP contribution in [0.25, 0.3) is 0 Å². The molecule has 2 heterocycles. The molecule has 2 N–H and O–H groups in total. The number of nitrogens with zero attached hydrogens (tertiary/aromatic N) is 1. The minimum absolute atomic E-state index is 0.0584. The van der Waals surface area contributed by atoms with Gasteiger partial charge < -0.3 is 19.8 Å². The molecule has 120 valence electrons. The number of fused-ring (bicyclic) bond motifs is 3. The van der Waals surface area contributed by atoms with Crippen molar-refractivity contribution in [3.63, 3.8) is 0 Å². The number of aliphatic hydroxyl groups excluding tert-OH is 2. The van der Waals surface area contributed by atoms with Gasteiger partial charge in [-0.2, -0.15) is 0 Å². The Bertz CT molecular complexity index is 553. The minimum Gasteiger partial charge on any atom is -0.457 e. The summed E-state index contributed by atoms with van der Waals surface area (Å²) in [6.07, 6.45) is 2.20. The van der Waals surface area contributed by atoms with Crippen LogP contribution in [0.2, 0.25) is 0 Å². The zero-order valence-corrected chi connectivity index (χ0v) is 12.6. The minimum atomic E-state index is -0.766. The Labute approximate surface area is 129 Å². The van der Waals surface area contributed by atoms with E-state index in [1.54, 1.807) is 6.92 Å². The van der Waals surface area contributed by atoms with Crippen LogP contribution in [-0.2, 0) is 14.3 Å². The Kier molecular flexibility index (Phi) is 3.82. The van der Waals surface area contributed by atoms with Gasteiger partial charge in [-0.05, 0) is 31.8 Å². The standard InChI is InChI=1S/C16H21NO5/c1-3-7-22-16(21)14-12-9(5-4-6-10(12)19)13-11(8(2)18)15(20)17(13)14/h3,8-11,13,18-19H,1,4-7H2,2H3. The fourth-order valence-corrected chi connectivity index (χ4v) is 4.05. The van der Waals surface area contributed by atoms with Crippen molar-refractivity contribution in [2.24, 2.45) is 11.8 Å². The van der Waals surface area contributed by atoms with E-state index in [0.717, 1.165) is 12.8 Å². The molecule has 22 heavy (non-hydrogen) atoms. The third kappa shape index (κ3) is 2.01. The van der Waals surface area contributed by atoms with E-state index >= 15 is 0 Å². The molecule has 1 saturated carbocycles. The molecule has 3 rings (SSSR count). The third-order valence-corrected chi connectivity index (χ3v) is 4.91. The quantitative estimate of drug-likeness (QED) is 0.445. The highest BCUT2D eigenvalue weighted by atomic mass is 16.5. The van der Waals surface area contributed by atoms with Crippen LogP contribution in [0.5, 0.6) is 0 Å². The summed E-state index contributed by atoms with van der Waals surface area (Å²) in [7, 11) is 0. The molecule has 1 aliphatic carbocycles. The molecule has 0 spiro atoms. The van der Waals surface area contributed by atoms with Crippen LogP contribution in [0.4, 0.5) is 0 Å². The predicted octanol–water partition coefficient (Wildman–Crippen LogP) is 0.352. The Morgan fingerprint density at radius 3 is 2.91 bits per heavy atom. The molecule has 2 fully saturated rings. The highest BCUT2D eigenvalue weighted by Gasteiger charge is 2.62. The maximum Gasteiger partial charge on any atom is 0.355 e. The van der Waals surface area contributed by atoms with Crippen LogP contribution in [-0.4, -0.2) is 51.8 Å². The molecule has 3 aliphatic rings. The van der Waals surface area contributed by atoms with Crippen LogP contribution in [0.15, 0.2) is 23.9 Å². The smallest absolute Gasteiger partial charge is 0.355 e. The summed E-state index contributed by atoms with van der Waals surface area (Å²) in [5.41, 5.74) is 0.799. The SMILES string of the molecule is C=CCOC(=O)C1=C2C(O)CCCC2C2C(C(C)O)C(=O)N12. The molecule has 2 aliphatic heterocycles. The van der Waals surface area contributed by atoms with E-state index in [9.17, 15) is 19.8 Å². The lowest BCUT2D eigenvalue weighted by atomic mass is 9.72. The van der Waals surface area contributed by atoms with Crippen LogP contribution in [0, 0.1) is 11.8 Å². The first-order valence-corrected chi connectivity index (χ1v) is 7.70. The van der Waals surface area contributed by atoms with Crippen LogP contribution in [0.3, 0.4) is 0 Å². The van der Waals surface area contributed by atoms with Crippen LogP contribution >= 0.6 is 0 Å². The molecule has 0 bridgehead atoms. The summed E-state index contributed by atoms with van der Waals surface area (Å²) in [6, 6.07) is -0.233. The summed E-state index contributed by atoms with van der Waals surface area (Å²) < 4.78 is 5.09. The van der Waals surface area contributed by atoms with Gasteiger partial charge in [0.25, 0.3) is 0 Å². The number of amides is 1. The Morgan fingerprint density at radius 1 is 1.55 bits per heavy atom. The molecular formula is C16H21NO5. The van der Waals surface area contributed by atoms with Crippen molar-refractivity contribution < 1.29 is 24.5 Å². The monoisotopic (exact) mass is 307 g/mol. The lowest BCUT2D eigenvalue weighted by Crippen LogP contribution is -2.64. The fourth-order valence-electron chi connectivity index (χ4n) is 4.05. The molecule has 6 nitrogen and oxygen atoms in total. The Morgan fingerprint density at radius 2 is 2.27 bits per heavy atom. The van der Waals surface area contributed by atoms with Crippen molar-refractivity contribution in [2.45, 2.75) is 44.4 Å². The normalized spacial score (nSPS) is 34.7. The van der Waals surface area contributed by atoms with Gasteiger partial charge in [0.15, 0.2) is 0 Å². The van der Waals surface area contributed by atoms with Gasteiger partial charge in [0.2, 0.25) is 5.91 Å². The van der Waals surface area contributed by atoms with Crippen molar-refractivity contribution in [3.05, 3.63) is 23.9 Å². The average molecular weight is 307 g/mol. The van der Waals surface area contributed by atoms with Crippen molar-refractivity contribution in [1.29, 1.82) is 0 Å². The molecule has 1 saturated heterocycles. The third-order valence-electron chi connectivity index (χ3n) is 4.91. The number of carbonyl (C=O) groups excluding carboxylic acids is 2.